The third-order valence-electron chi connectivity index (χ3n) is 2.59. The number of para-hydroxylation sites is 1. The molecule has 1 aromatic carbocycles. The summed E-state index contributed by atoms with van der Waals surface area (Å²) in [7, 11) is 0. The van der Waals surface area contributed by atoms with Crippen molar-refractivity contribution >= 4 is 17.4 Å². The van der Waals surface area contributed by atoms with Gasteiger partial charge in [0.05, 0.1) is 11.0 Å². The van der Waals surface area contributed by atoms with E-state index in [-0.39, 0.29) is 23.4 Å². The second-order valence-electron chi connectivity index (χ2n) is 3.88. The fraction of sp³-hybridized carbons (Fsp3) is 0.0833. The van der Waals surface area contributed by atoms with Crippen LogP contribution in [0.25, 0.3) is 0 Å². The Hall–Kier alpha value is -3.03. The van der Waals surface area contributed by atoms with Gasteiger partial charge in [0, 0.05) is 18.1 Å². The quantitative estimate of drug-likeness (QED) is 0.470. The minimum atomic E-state index is -0.762. The van der Waals surface area contributed by atoms with E-state index in [0.717, 1.165) is 6.07 Å². The van der Waals surface area contributed by atoms with E-state index in [1.807, 2.05) is 0 Å². The number of nitrogens with zero attached hydrogens (tertiary/aromatic N) is 2. The van der Waals surface area contributed by atoms with Crippen LogP contribution < -0.4 is 0 Å². The molecule has 102 valence electrons. The number of nitro groups is 2. The molecule has 0 amide bonds. The lowest BCUT2D eigenvalue weighted by Crippen LogP contribution is -2.04. The maximum Gasteiger partial charge on any atom is 0.433 e. The highest BCUT2D eigenvalue weighted by Gasteiger charge is 2.21. The lowest BCUT2D eigenvalue weighted by molar-refractivity contribution is -0.402. The number of Topliss-reactive ketones (excluding diaryl/α,β-unsaturated/α-hetero) is 1. The Bertz CT molecular complexity index is 691. The van der Waals surface area contributed by atoms with Gasteiger partial charge in [0.1, 0.15) is 4.92 Å². The van der Waals surface area contributed by atoms with Gasteiger partial charge < -0.3 is 4.42 Å². The van der Waals surface area contributed by atoms with Gasteiger partial charge in [-0.3, -0.25) is 25.0 Å². The molecule has 0 saturated carbocycles. The first kappa shape index (κ1) is 13.4. The third-order valence-corrected chi connectivity index (χ3v) is 2.59. The van der Waals surface area contributed by atoms with Gasteiger partial charge in [-0.2, -0.15) is 0 Å². The number of rotatable bonds is 5. The number of benzene rings is 1. The average Bonchev–Trinajstić information content (AvgIpc) is 2.89. The number of furan rings is 1. The van der Waals surface area contributed by atoms with Crippen molar-refractivity contribution in [3.05, 3.63) is 68.0 Å². The second kappa shape index (κ2) is 5.31. The predicted molar refractivity (Wildman–Crippen MR) is 66.5 cm³/mol. The molecule has 0 aliphatic carbocycles. The molecule has 0 aliphatic rings. The lowest BCUT2D eigenvalue weighted by atomic mass is 10.1. The molecule has 0 saturated heterocycles. The van der Waals surface area contributed by atoms with Crippen molar-refractivity contribution in [1.29, 1.82) is 0 Å². The number of ketones is 1. The first-order valence-corrected chi connectivity index (χ1v) is 5.49. The van der Waals surface area contributed by atoms with Gasteiger partial charge in [-0.1, -0.05) is 18.2 Å². The van der Waals surface area contributed by atoms with Crippen LogP contribution in [-0.4, -0.2) is 15.6 Å². The summed E-state index contributed by atoms with van der Waals surface area (Å²) in [5, 5.41) is 21.3. The zero-order chi connectivity index (χ0) is 14.7. The van der Waals surface area contributed by atoms with Crippen LogP contribution in [-0.2, 0) is 6.42 Å². The summed E-state index contributed by atoms with van der Waals surface area (Å²) < 4.78 is 4.76. The van der Waals surface area contributed by atoms with Crippen LogP contribution in [0.15, 0.2) is 40.8 Å². The SMILES string of the molecule is O=C(Cc1ccccc1[N+](=O)[O-])c1ccc([N+](=O)[O-])o1. The highest BCUT2D eigenvalue weighted by molar-refractivity contribution is 5.95. The topological polar surface area (TPSA) is 116 Å². The Morgan fingerprint density at radius 3 is 2.35 bits per heavy atom. The molecule has 8 heteroatoms. The molecule has 0 radical (unpaired) electrons. The van der Waals surface area contributed by atoms with Crippen LogP contribution in [0.5, 0.6) is 0 Å². The van der Waals surface area contributed by atoms with Crippen molar-refractivity contribution in [2.45, 2.75) is 6.42 Å². The fourth-order valence-electron chi connectivity index (χ4n) is 1.67. The Labute approximate surface area is 111 Å². The number of hydrogen-bond donors (Lipinski definition) is 0. The van der Waals surface area contributed by atoms with Crippen molar-refractivity contribution in [1.82, 2.24) is 0 Å². The van der Waals surface area contributed by atoms with Crippen LogP contribution in [0.3, 0.4) is 0 Å². The van der Waals surface area contributed by atoms with Gasteiger partial charge in [0.2, 0.25) is 5.78 Å². The molecule has 0 bridgehead atoms. The molecular formula is C12H8N2O6. The first-order valence-electron chi connectivity index (χ1n) is 5.49. The van der Waals surface area contributed by atoms with Gasteiger partial charge in [-0.15, -0.1) is 0 Å². The standard InChI is InChI=1S/C12H8N2O6/c15-10(11-5-6-12(20-11)14(18)19)7-8-3-1-2-4-9(8)13(16)17/h1-6H,7H2. The Balaban J connectivity index is 2.23. The van der Waals surface area contributed by atoms with Crippen LogP contribution in [0.4, 0.5) is 11.6 Å². The summed E-state index contributed by atoms with van der Waals surface area (Å²) in [4.78, 5) is 31.8. The molecule has 0 N–H and O–H groups in total. The maximum atomic E-state index is 11.9. The van der Waals surface area contributed by atoms with Crippen molar-refractivity contribution in [3.8, 4) is 0 Å². The Kier molecular flexibility index (Phi) is 3.56. The molecule has 0 spiro atoms. The summed E-state index contributed by atoms with van der Waals surface area (Å²) >= 11 is 0. The van der Waals surface area contributed by atoms with E-state index in [0.29, 0.717) is 0 Å². The van der Waals surface area contributed by atoms with Crippen molar-refractivity contribution < 1.29 is 19.1 Å². The van der Waals surface area contributed by atoms with E-state index in [1.165, 1.54) is 24.3 Å². The summed E-state index contributed by atoms with van der Waals surface area (Å²) in [5.41, 5.74) is 0.0449. The maximum absolute atomic E-state index is 11.9. The van der Waals surface area contributed by atoms with E-state index in [9.17, 15) is 25.0 Å². The highest BCUT2D eigenvalue weighted by Crippen LogP contribution is 2.22. The lowest BCUT2D eigenvalue weighted by Gasteiger charge is -2.00. The molecule has 0 atom stereocenters. The normalized spacial score (nSPS) is 10.2. The molecular weight excluding hydrogens is 268 g/mol. The van der Waals surface area contributed by atoms with E-state index < -0.39 is 21.5 Å². The molecule has 1 aromatic heterocycles. The number of carbonyl (C=O) groups is 1. The van der Waals surface area contributed by atoms with Gasteiger partial charge >= 0.3 is 5.88 Å². The monoisotopic (exact) mass is 276 g/mol. The fourth-order valence-corrected chi connectivity index (χ4v) is 1.67. The molecule has 2 rings (SSSR count). The first-order chi connectivity index (χ1) is 9.49. The predicted octanol–water partition coefficient (Wildman–Crippen LogP) is 2.52. The van der Waals surface area contributed by atoms with Crippen LogP contribution in [0, 0.1) is 20.2 Å². The van der Waals surface area contributed by atoms with Crippen LogP contribution >= 0.6 is 0 Å². The molecule has 20 heavy (non-hydrogen) atoms. The Morgan fingerprint density at radius 2 is 1.75 bits per heavy atom. The van der Waals surface area contributed by atoms with Gasteiger partial charge in [-0.25, -0.2) is 0 Å². The molecule has 0 fully saturated rings. The van der Waals surface area contributed by atoms with Gasteiger partial charge in [-0.05, 0) is 6.07 Å². The summed E-state index contributed by atoms with van der Waals surface area (Å²) in [5.74, 6) is -1.31. The van der Waals surface area contributed by atoms with E-state index >= 15 is 0 Å². The van der Waals surface area contributed by atoms with Crippen molar-refractivity contribution in [3.63, 3.8) is 0 Å². The number of hydrogen-bond acceptors (Lipinski definition) is 6. The smallest absolute Gasteiger partial charge is 0.397 e. The largest absolute Gasteiger partial charge is 0.433 e. The third kappa shape index (κ3) is 2.69. The van der Waals surface area contributed by atoms with Crippen molar-refractivity contribution in [2.24, 2.45) is 0 Å². The second-order valence-corrected chi connectivity index (χ2v) is 3.88. The van der Waals surface area contributed by atoms with Crippen LogP contribution in [0.2, 0.25) is 0 Å². The minimum Gasteiger partial charge on any atom is -0.397 e. The zero-order valence-electron chi connectivity index (χ0n) is 10.0. The molecule has 0 unspecified atom stereocenters. The van der Waals surface area contributed by atoms with E-state index in [2.05, 4.69) is 0 Å². The van der Waals surface area contributed by atoms with E-state index in [4.69, 9.17) is 4.42 Å². The molecule has 2 aromatic rings. The minimum absolute atomic E-state index is 0.179. The van der Waals surface area contributed by atoms with Crippen LogP contribution in [0.1, 0.15) is 16.1 Å². The summed E-state index contributed by atoms with van der Waals surface area (Å²) in [6, 6.07) is 8.03. The highest BCUT2D eigenvalue weighted by atomic mass is 16.6. The van der Waals surface area contributed by atoms with Crippen molar-refractivity contribution in [2.75, 3.05) is 0 Å². The Morgan fingerprint density at radius 1 is 1.05 bits per heavy atom. The van der Waals surface area contributed by atoms with Gasteiger partial charge in [0.15, 0.2) is 5.76 Å². The summed E-state index contributed by atoms with van der Waals surface area (Å²) in [6.07, 6.45) is -0.262. The van der Waals surface area contributed by atoms with E-state index in [1.54, 1.807) is 6.07 Å². The van der Waals surface area contributed by atoms with Gasteiger partial charge in [0.25, 0.3) is 5.69 Å². The summed E-state index contributed by atoms with van der Waals surface area (Å²) in [6.45, 7) is 0. The zero-order valence-corrected chi connectivity index (χ0v) is 10.0. The molecule has 1 heterocycles. The molecule has 0 aliphatic heterocycles. The number of nitro benzene ring substituents is 1. The molecule has 8 nitrogen and oxygen atoms in total. The average molecular weight is 276 g/mol. The number of carbonyl (C=O) groups excluding carboxylic acids is 1.